The summed E-state index contributed by atoms with van der Waals surface area (Å²) in [6.45, 7) is 1.68. The highest BCUT2D eigenvalue weighted by Gasteiger charge is 2.33. The van der Waals surface area contributed by atoms with Gasteiger partial charge in [-0.05, 0) is 56.4 Å². The number of aromatic nitrogens is 1. The molecule has 0 saturated carbocycles. The molecule has 1 unspecified atom stereocenters. The number of carbonyl (C=O) groups is 1. The molecule has 0 radical (unpaired) electrons. The summed E-state index contributed by atoms with van der Waals surface area (Å²) in [4.78, 5) is 16.8. The lowest BCUT2D eigenvalue weighted by molar-refractivity contribution is -0.120. The second kappa shape index (κ2) is 10.8. The van der Waals surface area contributed by atoms with E-state index in [4.69, 9.17) is 21.1 Å². The first-order valence-electron chi connectivity index (χ1n) is 11.2. The van der Waals surface area contributed by atoms with Crippen LogP contribution in [-0.2, 0) is 19.6 Å². The average molecular weight is 494 g/mol. The number of hydrogen-bond acceptors (Lipinski definition) is 6. The third kappa shape index (κ3) is 5.84. The van der Waals surface area contributed by atoms with Crippen molar-refractivity contribution >= 4 is 33.2 Å². The maximum Gasteiger partial charge on any atom is 0.246 e. The van der Waals surface area contributed by atoms with Gasteiger partial charge in [-0.2, -0.15) is 4.31 Å². The highest BCUT2D eigenvalue weighted by atomic mass is 35.5. The zero-order valence-corrected chi connectivity index (χ0v) is 19.9. The van der Waals surface area contributed by atoms with Crippen molar-refractivity contribution in [1.82, 2.24) is 9.29 Å². The Kier molecular flexibility index (Phi) is 7.85. The number of nitrogens with zero attached hydrogens (tertiary/aromatic N) is 2. The van der Waals surface area contributed by atoms with Crippen LogP contribution in [0.3, 0.4) is 0 Å². The molecule has 8 nitrogen and oxygen atoms in total. The number of carbonyl (C=O) groups excluding carboxylic acids is 1. The topological polar surface area (TPSA) is 97.8 Å². The largest absolute Gasteiger partial charge is 0.489 e. The van der Waals surface area contributed by atoms with E-state index in [1.165, 1.54) is 16.6 Å². The molecule has 33 heavy (non-hydrogen) atoms. The van der Waals surface area contributed by atoms with Crippen LogP contribution in [0.15, 0.2) is 47.5 Å². The van der Waals surface area contributed by atoms with Crippen LogP contribution in [0.1, 0.15) is 32.1 Å². The average Bonchev–Trinajstić information content (AvgIpc) is 2.84. The molecule has 4 rings (SSSR count). The Morgan fingerprint density at radius 2 is 1.94 bits per heavy atom. The Morgan fingerprint density at radius 3 is 2.67 bits per heavy atom. The molecule has 0 bridgehead atoms. The van der Waals surface area contributed by atoms with Gasteiger partial charge in [0.1, 0.15) is 22.4 Å². The van der Waals surface area contributed by atoms with E-state index < -0.39 is 10.0 Å². The molecule has 1 N–H and O–H groups in total. The first kappa shape index (κ1) is 23.9. The number of halogens is 1. The molecule has 1 atom stereocenters. The van der Waals surface area contributed by atoms with E-state index >= 15 is 0 Å². The second-order valence-electron chi connectivity index (χ2n) is 8.26. The molecule has 1 aromatic carbocycles. The number of para-hydroxylation sites is 2. The summed E-state index contributed by atoms with van der Waals surface area (Å²) >= 11 is 5.99. The maximum atomic E-state index is 12.9. The van der Waals surface area contributed by atoms with Gasteiger partial charge < -0.3 is 14.8 Å². The SMILES string of the molecule is O=C(Nc1ccccc1OCC1CCCCO1)C1CCN(S(=O)(=O)c2cccnc2Cl)CC1. The van der Waals surface area contributed by atoms with Crippen molar-refractivity contribution in [3.05, 3.63) is 47.7 Å². The Bertz CT molecular complexity index is 1070. The van der Waals surface area contributed by atoms with Crippen LogP contribution >= 0.6 is 11.6 Å². The summed E-state index contributed by atoms with van der Waals surface area (Å²) in [5.74, 6) is 0.165. The van der Waals surface area contributed by atoms with Gasteiger partial charge in [0, 0.05) is 31.8 Å². The van der Waals surface area contributed by atoms with Gasteiger partial charge in [-0.1, -0.05) is 23.7 Å². The van der Waals surface area contributed by atoms with Crippen LogP contribution in [0.5, 0.6) is 5.75 Å². The van der Waals surface area contributed by atoms with Crippen LogP contribution < -0.4 is 10.1 Å². The van der Waals surface area contributed by atoms with Crippen molar-refractivity contribution in [2.75, 3.05) is 31.6 Å². The molecule has 1 amide bonds. The summed E-state index contributed by atoms with van der Waals surface area (Å²) in [7, 11) is -3.75. The summed E-state index contributed by atoms with van der Waals surface area (Å²) in [5, 5.41) is 2.91. The van der Waals surface area contributed by atoms with Gasteiger partial charge in [-0.3, -0.25) is 4.79 Å². The smallest absolute Gasteiger partial charge is 0.246 e. The predicted molar refractivity (Wildman–Crippen MR) is 125 cm³/mol. The Hall–Kier alpha value is -2.20. The molecule has 0 aliphatic carbocycles. The number of pyridine rings is 1. The van der Waals surface area contributed by atoms with Gasteiger partial charge in [0.15, 0.2) is 0 Å². The number of anilines is 1. The van der Waals surface area contributed by atoms with Gasteiger partial charge in [0.25, 0.3) is 0 Å². The molecule has 178 valence electrons. The molecule has 2 saturated heterocycles. The van der Waals surface area contributed by atoms with Gasteiger partial charge >= 0.3 is 0 Å². The Morgan fingerprint density at radius 1 is 1.15 bits per heavy atom. The minimum Gasteiger partial charge on any atom is -0.489 e. The highest BCUT2D eigenvalue weighted by molar-refractivity contribution is 7.89. The van der Waals surface area contributed by atoms with Crippen molar-refractivity contribution in [2.45, 2.75) is 43.1 Å². The molecular formula is C23H28ClN3O5S. The number of ether oxygens (including phenoxy) is 2. The normalized spacial score (nSPS) is 20.3. The minimum absolute atomic E-state index is 0.0115. The molecule has 2 aliphatic rings. The Labute approximate surface area is 199 Å². The van der Waals surface area contributed by atoms with Crippen LogP contribution in [-0.4, -0.2) is 56.0 Å². The monoisotopic (exact) mass is 493 g/mol. The third-order valence-corrected chi connectivity index (χ3v) is 8.35. The zero-order valence-electron chi connectivity index (χ0n) is 18.3. The fourth-order valence-corrected chi connectivity index (χ4v) is 6.01. The lowest BCUT2D eigenvalue weighted by atomic mass is 9.97. The van der Waals surface area contributed by atoms with Crippen molar-refractivity contribution in [3.8, 4) is 5.75 Å². The van der Waals surface area contributed by atoms with Gasteiger partial charge in [-0.25, -0.2) is 13.4 Å². The Balaban J connectivity index is 1.34. The molecule has 3 heterocycles. The predicted octanol–water partition coefficient (Wildman–Crippen LogP) is 3.72. The second-order valence-corrected chi connectivity index (χ2v) is 10.5. The lowest BCUT2D eigenvalue weighted by Crippen LogP contribution is -2.41. The number of piperidine rings is 1. The maximum absolute atomic E-state index is 12.9. The quantitative estimate of drug-likeness (QED) is 0.590. The minimum atomic E-state index is -3.75. The van der Waals surface area contributed by atoms with Crippen molar-refractivity contribution < 1.29 is 22.7 Å². The van der Waals surface area contributed by atoms with E-state index in [0.717, 1.165) is 25.9 Å². The first-order chi connectivity index (χ1) is 15.9. The number of nitrogens with one attached hydrogen (secondary N) is 1. The van der Waals surface area contributed by atoms with E-state index in [1.54, 1.807) is 12.1 Å². The number of amides is 1. The molecule has 2 aromatic rings. The molecule has 1 aromatic heterocycles. The number of rotatable bonds is 7. The van der Waals surface area contributed by atoms with Crippen molar-refractivity contribution in [3.63, 3.8) is 0 Å². The molecular weight excluding hydrogens is 466 g/mol. The molecule has 2 fully saturated rings. The van der Waals surface area contributed by atoms with Crippen LogP contribution in [0.2, 0.25) is 5.15 Å². The summed E-state index contributed by atoms with van der Waals surface area (Å²) in [6, 6.07) is 10.3. The van der Waals surface area contributed by atoms with Gasteiger partial charge in [-0.15, -0.1) is 0 Å². The van der Waals surface area contributed by atoms with E-state index in [9.17, 15) is 13.2 Å². The van der Waals surface area contributed by atoms with Gasteiger partial charge in [0.2, 0.25) is 15.9 Å². The van der Waals surface area contributed by atoms with Crippen LogP contribution in [0.25, 0.3) is 0 Å². The zero-order chi connectivity index (χ0) is 23.3. The summed E-state index contributed by atoms with van der Waals surface area (Å²) < 4.78 is 38.8. The van der Waals surface area contributed by atoms with E-state index in [0.29, 0.717) is 30.9 Å². The lowest BCUT2D eigenvalue weighted by Gasteiger charge is -2.30. The standard InChI is InChI=1S/C23H28ClN3O5S/c24-22-21(9-5-12-25-22)33(29,30)27-13-10-17(11-14-27)23(28)26-19-7-1-2-8-20(19)32-16-18-6-3-4-15-31-18/h1-2,5,7-9,12,17-18H,3-4,6,10-11,13-16H2,(H,26,28). The fourth-order valence-electron chi connectivity index (χ4n) is 4.11. The van der Waals surface area contributed by atoms with Crippen molar-refractivity contribution in [2.24, 2.45) is 5.92 Å². The number of sulfonamides is 1. The fraction of sp³-hybridized carbons (Fsp3) is 0.478. The molecule has 0 spiro atoms. The molecule has 10 heteroatoms. The van der Waals surface area contributed by atoms with Crippen LogP contribution in [0, 0.1) is 5.92 Å². The van der Waals surface area contributed by atoms with Crippen molar-refractivity contribution in [1.29, 1.82) is 0 Å². The van der Waals surface area contributed by atoms with E-state index in [-0.39, 0.29) is 41.1 Å². The van der Waals surface area contributed by atoms with E-state index in [2.05, 4.69) is 10.3 Å². The third-order valence-electron chi connectivity index (χ3n) is 6.01. The highest BCUT2D eigenvalue weighted by Crippen LogP contribution is 2.29. The first-order valence-corrected chi connectivity index (χ1v) is 13.0. The summed E-state index contributed by atoms with van der Waals surface area (Å²) in [5.41, 5.74) is 0.607. The van der Waals surface area contributed by atoms with Gasteiger partial charge in [0.05, 0.1) is 11.8 Å². The van der Waals surface area contributed by atoms with E-state index in [1.807, 2.05) is 18.2 Å². The molecule has 2 aliphatic heterocycles. The number of hydrogen-bond donors (Lipinski definition) is 1. The number of benzene rings is 1. The van der Waals surface area contributed by atoms with Crippen LogP contribution in [0.4, 0.5) is 5.69 Å². The summed E-state index contributed by atoms with van der Waals surface area (Å²) in [6.07, 6.45) is 5.54.